The van der Waals surface area contributed by atoms with Crippen molar-refractivity contribution in [2.24, 2.45) is 0 Å². The fourth-order valence-corrected chi connectivity index (χ4v) is 2.39. The molecule has 0 spiro atoms. The van der Waals surface area contributed by atoms with Gasteiger partial charge in [0.1, 0.15) is 0 Å². The molecule has 2 aromatic carbocycles. The average Bonchev–Trinajstić information content (AvgIpc) is 2.65. The molecule has 0 aromatic heterocycles. The Morgan fingerprint density at radius 1 is 0.522 bits per heavy atom. The maximum atomic E-state index is 2.30. The number of aryl methyl sites for hydroxylation is 3. The second-order valence-electron chi connectivity index (χ2n) is 5.26. The molecule has 128 valence electrons. The van der Waals surface area contributed by atoms with E-state index in [1.54, 1.807) is 0 Å². The number of unbranched alkanes of at least 4 members (excludes halogenated alkanes) is 2. The SMILES string of the molecule is CC.CC.CCCCCc1ccc(CCc2ccccc2)cc1. The van der Waals surface area contributed by atoms with Gasteiger partial charge in [0.2, 0.25) is 0 Å². The van der Waals surface area contributed by atoms with Gasteiger partial charge < -0.3 is 0 Å². The summed E-state index contributed by atoms with van der Waals surface area (Å²) in [5.41, 5.74) is 4.36. The van der Waals surface area contributed by atoms with Gasteiger partial charge >= 0.3 is 0 Å². The predicted molar refractivity (Wildman–Crippen MR) is 106 cm³/mol. The lowest BCUT2D eigenvalue weighted by molar-refractivity contribution is 0.717. The van der Waals surface area contributed by atoms with E-state index in [0.29, 0.717) is 0 Å². The van der Waals surface area contributed by atoms with Crippen molar-refractivity contribution < 1.29 is 0 Å². The molecule has 0 aliphatic rings. The lowest BCUT2D eigenvalue weighted by Crippen LogP contribution is -1.92. The first kappa shape index (κ1) is 21.4. The standard InChI is InChI=1S/C19H24.2C2H6/c1-2-3-5-8-18-12-15-19(16-13-18)14-11-17-9-6-4-7-10-17;2*1-2/h4,6-7,9-10,12-13,15-16H,2-3,5,8,11,14H2,1H3;2*1-2H3. The highest BCUT2D eigenvalue weighted by Crippen LogP contribution is 2.11. The van der Waals surface area contributed by atoms with E-state index in [-0.39, 0.29) is 0 Å². The smallest absolute Gasteiger partial charge is 0.0238 e. The summed E-state index contributed by atoms with van der Waals surface area (Å²) in [7, 11) is 0. The number of rotatable bonds is 7. The summed E-state index contributed by atoms with van der Waals surface area (Å²) < 4.78 is 0. The zero-order valence-corrected chi connectivity index (χ0v) is 15.9. The first-order valence-corrected chi connectivity index (χ1v) is 9.50. The van der Waals surface area contributed by atoms with Gasteiger partial charge in [0.05, 0.1) is 0 Å². The predicted octanol–water partition coefficient (Wildman–Crippen LogP) is 7.26. The molecule has 0 N–H and O–H groups in total. The van der Waals surface area contributed by atoms with Gasteiger partial charge in [-0.1, -0.05) is 102 Å². The Morgan fingerprint density at radius 3 is 1.43 bits per heavy atom. The fourth-order valence-electron chi connectivity index (χ4n) is 2.39. The van der Waals surface area contributed by atoms with Crippen LogP contribution in [-0.4, -0.2) is 0 Å². The maximum absolute atomic E-state index is 2.30. The zero-order chi connectivity index (χ0) is 17.3. The van der Waals surface area contributed by atoms with Gasteiger partial charge in [0.15, 0.2) is 0 Å². The van der Waals surface area contributed by atoms with Crippen molar-refractivity contribution in [2.45, 2.75) is 73.1 Å². The molecular weight excluding hydrogens is 276 g/mol. The largest absolute Gasteiger partial charge is 0.0683 e. The number of hydrogen-bond acceptors (Lipinski definition) is 0. The van der Waals surface area contributed by atoms with Crippen molar-refractivity contribution in [1.82, 2.24) is 0 Å². The normalized spacial score (nSPS) is 9.26. The van der Waals surface area contributed by atoms with E-state index in [1.165, 1.54) is 42.4 Å². The summed E-state index contributed by atoms with van der Waals surface area (Å²) >= 11 is 0. The molecule has 0 bridgehead atoms. The Hall–Kier alpha value is -1.56. The summed E-state index contributed by atoms with van der Waals surface area (Å²) in [5, 5.41) is 0. The molecule has 0 fully saturated rings. The molecule has 0 unspecified atom stereocenters. The first-order chi connectivity index (χ1) is 11.4. The highest BCUT2D eigenvalue weighted by molar-refractivity contribution is 5.24. The van der Waals surface area contributed by atoms with Crippen LogP contribution in [-0.2, 0) is 19.3 Å². The maximum Gasteiger partial charge on any atom is -0.0238 e. The van der Waals surface area contributed by atoms with Crippen molar-refractivity contribution in [3.63, 3.8) is 0 Å². The molecular formula is C23H36. The van der Waals surface area contributed by atoms with Crippen molar-refractivity contribution in [2.75, 3.05) is 0 Å². The van der Waals surface area contributed by atoms with Gasteiger partial charge in [-0.15, -0.1) is 0 Å². The molecule has 23 heavy (non-hydrogen) atoms. The first-order valence-electron chi connectivity index (χ1n) is 9.50. The molecule has 0 radical (unpaired) electrons. The average molecular weight is 313 g/mol. The Balaban J connectivity index is 0.00000112. The summed E-state index contributed by atoms with van der Waals surface area (Å²) in [6.07, 6.45) is 7.47. The molecule has 0 aliphatic carbocycles. The molecule has 2 aromatic rings. The van der Waals surface area contributed by atoms with Crippen molar-refractivity contribution in [1.29, 1.82) is 0 Å². The highest BCUT2D eigenvalue weighted by atomic mass is 14.0. The second-order valence-corrected chi connectivity index (χ2v) is 5.26. The molecule has 0 atom stereocenters. The summed E-state index contributed by atoms with van der Waals surface area (Å²) in [4.78, 5) is 0. The second kappa shape index (κ2) is 15.3. The van der Waals surface area contributed by atoms with Crippen LogP contribution in [0.1, 0.15) is 70.6 Å². The summed E-state index contributed by atoms with van der Waals surface area (Å²) in [6.45, 7) is 10.3. The third-order valence-electron chi connectivity index (χ3n) is 3.64. The number of hydrogen-bond donors (Lipinski definition) is 0. The minimum absolute atomic E-state index is 1.13. The van der Waals surface area contributed by atoms with E-state index < -0.39 is 0 Å². The quantitative estimate of drug-likeness (QED) is 0.472. The minimum atomic E-state index is 1.13. The third-order valence-corrected chi connectivity index (χ3v) is 3.64. The summed E-state index contributed by atoms with van der Waals surface area (Å²) in [6, 6.07) is 19.9. The van der Waals surface area contributed by atoms with Crippen molar-refractivity contribution >= 4 is 0 Å². The van der Waals surface area contributed by atoms with E-state index in [4.69, 9.17) is 0 Å². The van der Waals surface area contributed by atoms with Crippen molar-refractivity contribution in [3.05, 3.63) is 71.3 Å². The van der Waals surface area contributed by atoms with E-state index in [1.807, 2.05) is 27.7 Å². The van der Waals surface area contributed by atoms with Crippen LogP contribution in [0, 0.1) is 0 Å². The van der Waals surface area contributed by atoms with E-state index in [2.05, 4.69) is 61.5 Å². The van der Waals surface area contributed by atoms with Crippen LogP contribution < -0.4 is 0 Å². The van der Waals surface area contributed by atoms with E-state index >= 15 is 0 Å². The van der Waals surface area contributed by atoms with Crippen LogP contribution in [0.4, 0.5) is 0 Å². The monoisotopic (exact) mass is 312 g/mol. The Kier molecular flexibility index (Phi) is 14.3. The van der Waals surface area contributed by atoms with Crippen LogP contribution in [0.3, 0.4) is 0 Å². The fraction of sp³-hybridized carbons (Fsp3) is 0.478. The van der Waals surface area contributed by atoms with Crippen LogP contribution in [0.2, 0.25) is 0 Å². The minimum Gasteiger partial charge on any atom is -0.0683 e. The molecule has 0 amide bonds. The van der Waals surface area contributed by atoms with Gasteiger partial charge in [0, 0.05) is 0 Å². The Labute approximate surface area is 145 Å². The third kappa shape index (κ3) is 9.94. The zero-order valence-electron chi connectivity index (χ0n) is 15.9. The van der Waals surface area contributed by atoms with Crippen LogP contribution in [0.5, 0.6) is 0 Å². The van der Waals surface area contributed by atoms with Gasteiger partial charge in [-0.2, -0.15) is 0 Å². The van der Waals surface area contributed by atoms with Gasteiger partial charge in [-0.05, 0) is 42.4 Å². The Bertz CT molecular complexity index is 453. The van der Waals surface area contributed by atoms with E-state index in [9.17, 15) is 0 Å². The topological polar surface area (TPSA) is 0 Å². The lowest BCUT2D eigenvalue weighted by atomic mass is 10.0. The molecule has 0 heterocycles. The van der Waals surface area contributed by atoms with E-state index in [0.717, 1.165) is 12.8 Å². The van der Waals surface area contributed by atoms with Crippen molar-refractivity contribution in [3.8, 4) is 0 Å². The van der Waals surface area contributed by atoms with Crippen LogP contribution in [0.15, 0.2) is 54.6 Å². The molecule has 0 heteroatoms. The summed E-state index contributed by atoms with van der Waals surface area (Å²) in [5.74, 6) is 0. The highest BCUT2D eigenvalue weighted by Gasteiger charge is 1.97. The van der Waals surface area contributed by atoms with Gasteiger partial charge in [0.25, 0.3) is 0 Å². The van der Waals surface area contributed by atoms with Crippen LogP contribution >= 0.6 is 0 Å². The Morgan fingerprint density at radius 2 is 0.957 bits per heavy atom. The van der Waals surface area contributed by atoms with Gasteiger partial charge in [-0.3, -0.25) is 0 Å². The molecule has 2 rings (SSSR count). The molecule has 0 saturated heterocycles. The van der Waals surface area contributed by atoms with Gasteiger partial charge in [-0.25, -0.2) is 0 Å². The molecule has 0 aliphatic heterocycles. The molecule has 0 saturated carbocycles. The molecule has 0 nitrogen and oxygen atoms in total. The lowest BCUT2D eigenvalue weighted by Gasteiger charge is -2.05. The van der Waals surface area contributed by atoms with Crippen LogP contribution in [0.25, 0.3) is 0 Å². The number of benzene rings is 2.